The van der Waals surface area contributed by atoms with E-state index in [4.69, 9.17) is 9.47 Å². The lowest BCUT2D eigenvalue weighted by atomic mass is 10.1. The number of phenolic OH excluding ortho intramolecular Hbond substituents is 1. The van der Waals surface area contributed by atoms with Gasteiger partial charge in [0.2, 0.25) is 0 Å². The zero-order chi connectivity index (χ0) is 15.1. The number of carbonyl (C=O) groups is 2. The number of amides is 1. The number of anilines is 1. The van der Waals surface area contributed by atoms with Crippen LogP contribution in [0.2, 0.25) is 0 Å². The van der Waals surface area contributed by atoms with E-state index < -0.39 is 12.1 Å². The van der Waals surface area contributed by atoms with E-state index in [9.17, 15) is 14.7 Å². The highest BCUT2D eigenvalue weighted by atomic mass is 16.6. The zero-order valence-corrected chi connectivity index (χ0v) is 11.8. The van der Waals surface area contributed by atoms with Crippen molar-refractivity contribution in [2.75, 3.05) is 11.9 Å². The molecule has 0 unspecified atom stereocenters. The smallest absolute Gasteiger partial charge is 0.411 e. The highest BCUT2D eigenvalue weighted by Gasteiger charge is 2.11. The third kappa shape index (κ3) is 5.17. The maximum absolute atomic E-state index is 11.4. The fourth-order valence-corrected chi connectivity index (χ4v) is 1.52. The largest absolute Gasteiger partial charge is 0.508 e. The molecule has 0 atom stereocenters. The summed E-state index contributed by atoms with van der Waals surface area (Å²) in [6.45, 7) is 5.48. The molecule has 0 heterocycles. The van der Waals surface area contributed by atoms with Gasteiger partial charge in [-0.15, -0.1) is 0 Å². The van der Waals surface area contributed by atoms with Gasteiger partial charge in [0.15, 0.2) is 0 Å². The van der Waals surface area contributed by atoms with E-state index in [1.54, 1.807) is 32.9 Å². The van der Waals surface area contributed by atoms with E-state index in [1.165, 1.54) is 6.07 Å². The van der Waals surface area contributed by atoms with Gasteiger partial charge in [-0.1, -0.05) is 6.07 Å². The zero-order valence-electron chi connectivity index (χ0n) is 11.8. The van der Waals surface area contributed by atoms with Gasteiger partial charge in [0.05, 0.1) is 19.1 Å². The Bertz CT molecular complexity index is 484. The number of benzene rings is 1. The Morgan fingerprint density at radius 2 is 2.05 bits per heavy atom. The molecule has 0 spiro atoms. The average Bonchev–Trinajstić information content (AvgIpc) is 2.32. The summed E-state index contributed by atoms with van der Waals surface area (Å²) in [4.78, 5) is 22.7. The molecule has 1 aromatic rings. The van der Waals surface area contributed by atoms with Crippen LogP contribution in [0.4, 0.5) is 10.5 Å². The van der Waals surface area contributed by atoms with Crippen molar-refractivity contribution in [3.8, 4) is 5.75 Å². The Balaban J connectivity index is 2.68. The summed E-state index contributed by atoms with van der Waals surface area (Å²) in [5, 5.41) is 12.3. The van der Waals surface area contributed by atoms with Crippen molar-refractivity contribution in [1.29, 1.82) is 0 Å². The van der Waals surface area contributed by atoms with Crippen molar-refractivity contribution in [3.05, 3.63) is 23.8 Å². The maximum Gasteiger partial charge on any atom is 0.411 e. The van der Waals surface area contributed by atoms with Gasteiger partial charge in [-0.3, -0.25) is 10.1 Å². The maximum atomic E-state index is 11.4. The van der Waals surface area contributed by atoms with Crippen LogP contribution in [0, 0.1) is 0 Å². The molecule has 0 saturated carbocycles. The average molecular weight is 281 g/mol. The van der Waals surface area contributed by atoms with E-state index in [0.717, 1.165) is 0 Å². The van der Waals surface area contributed by atoms with E-state index in [2.05, 4.69) is 5.32 Å². The fourth-order valence-electron chi connectivity index (χ4n) is 1.52. The highest BCUT2D eigenvalue weighted by Crippen LogP contribution is 2.23. The highest BCUT2D eigenvalue weighted by molar-refractivity contribution is 5.85. The Morgan fingerprint density at radius 3 is 2.60 bits per heavy atom. The van der Waals surface area contributed by atoms with Crippen LogP contribution in [-0.2, 0) is 20.7 Å². The number of esters is 1. The molecule has 1 rings (SSSR count). The molecule has 110 valence electrons. The van der Waals surface area contributed by atoms with Gasteiger partial charge in [0.25, 0.3) is 0 Å². The summed E-state index contributed by atoms with van der Waals surface area (Å²) in [6.07, 6.45) is -0.847. The summed E-state index contributed by atoms with van der Waals surface area (Å²) in [5.74, 6) is -0.497. The number of hydrogen-bond acceptors (Lipinski definition) is 5. The number of nitrogens with one attached hydrogen (secondary N) is 1. The predicted octanol–water partition coefficient (Wildman–Crippen LogP) is 2.45. The molecule has 1 amide bonds. The minimum atomic E-state index is -0.599. The molecule has 6 nitrogen and oxygen atoms in total. The van der Waals surface area contributed by atoms with E-state index >= 15 is 0 Å². The van der Waals surface area contributed by atoms with Gasteiger partial charge in [-0.25, -0.2) is 4.79 Å². The van der Waals surface area contributed by atoms with Gasteiger partial charge in [-0.2, -0.15) is 0 Å². The van der Waals surface area contributed by atoms with Crippen LogP contribution in [-0.4, -0.2) is 29.9 Å². The van der Waals surface area contributed by atoms with Crippen molar-refractivity contribution < 1.29 is 24.2 Å². The number of aromatic hydroxyl groups is 1. The number of phenols is 1. The van der Waals surface area contributed by atoms with Crippen molar-refractivity contribution in [3.63, 3.8) is 0 Å². The summed E-state index contributed by atoms with van der Waals surface area (Å²) in [7, 11) is 0. The summed E-state index contributed by atoms with van der Waals surface area (Å²) >= 11 is 0. The van der Waals surface area contributed by atoms with Gasteiger partial charge >= 0.3 is 12.1 Å². The third-order valence-corrected chi connectivity index (χ3v) is 2.31. The van der Waals surface area contributed by atoms with Crippen LogP contribution in [0.3, 0.4) is 0 Å². The molecule has 0 aromatic heterocycles. The summed E-state index contributed by atoms with van der Waals surface area (Å²) < 4.78 is 9.71. The molecule has 0 fully saturated rings. The second-order valence-electron chi connectivity index (χ2n) is 4.40. The molecule has 0 saturated heterocycles. The minimum Gasteiger partial charge on any atom is -0.508 e. The van der Waals surface area contributed by atoms with Crippen LogP contribution < -0.4 is 5.32 Å². The Hall–Kier alpha value is -2.24. The molecule has 20 heavy (non-hydrogen) atoms. The Labute approximate surface area is 117 Å². The first kappa shape index (κ1) is 15.8. The van der Waals surface area contributed by atoms with Crippen LogP contribution >= 0.6 is 0 Å². The molecule has 0 aliphatic heterocycles. The summed E-state index contributed by atoms with van der Waals surface area (Å²) in [6, 6.07) is 4.49. The van der Waals surface area contributed by atoms with Crippen LogP contribution in [0.25, 0.3) is 0 Å². The normalized spacial score (nSPS) is 10.2. The lowest BCUT2D eigenvalue weighted by Crippen LogP contribution is -2.18. The van der Waals surface area contributed by atoms with Crippen LogP contribution in [0.1, 0.15) is 26.3 Å². The molecule has 0 aliphatic carbocycles. The van der Waals surface area contributed by atoms with E-state index in [1.807, 2.05) is 0 Å². The Morgan fingerprint density at radius 1 is 1.35 bits per heavy atom. The second kappa shape index (κ2) is 7.37. The Kier molecular flexibility index (Phi) is 5.83. The van der Waals surface area contributed by atoms with E-state index in [0.29, 0.717) is 17.9 Å². The van der Waals surface area contributed by atoms with Crippen molar-refractivity contribution in [2.45, 2.75) is 33.3 Å². The molecular formula is C14H19NO5. The molecule has 2 N–H and O–H groups in total. The molecule has 6 heteroatoms. The van der Waals surface area contributed by atoms with Crippen LogP contribution in [0.5, 0.6) is 5.75 Å². The number of carbonyl (C=O) groups excluding carboxylic acids is 2. The van der Waals surface area contributed by atoms with Gasteiger partial charge in [-0.05, 0) is 26.8 Å². The second-order valence-corrected chi connectivity index (χ2v) is 4.40. The molecular weight excluding hydrogens is 262 g/mol. The molecule has 1 aromatic carbocycles. The van der Waals surface area contributed by atoms with Crippen molar-refractivity contribution in [1.82, 2.24) is 0 Å². The first-order valence-electron chi connectivity index (χ1n) is 6.37. The number of ether oxygens (including phenoxy) is 2. The SMILES string of the molecule is CCOC(=O)Cc1ccc(NC(=O)OC(C)C)cc1O. The monoisotopic (exact) mass is 281 g/mol. The topological polar surface area (TPSA) is 84.9 Å². The van der Waals surface area contributed by atoms with Gasteiger partial charge < -0.3 is 14.6 Å². The first-order chi connectivity index (χ1) is 9.42. The fraction of sp³-hybridized carbons (Fsp3) is 0.429. The lowest BCUT2D eigenvalue weighted by molar-refractivity contribution is -0.142. The molecule has 0 radical (unpaired) electrons. The van der Waals surface area contributed by atoms with Crippen molar-refractivity contribution in [2.24, 2.45) is 0 Å². The van der Waals surface area contributed by atoms with Crippen LogP contribution in [0.15, 0.2) is 18.2 Å². The predicted molar refractivity (Wildman–Crippen MR) is 73.7 cm³/mol. The van der Waals surface area contributed by atoms with E-state index in [-0.39, 0.29) is 18.3 Å². The lowest BCUT2D eigenvalue weighted by Gasteiger charge is -2.11. The molecule has 0 aliphatic rings. The number of rotatable bonds is 5. The quantitative estimate of drug-likeness (QED) is 0.810. The minimum absolute atomic E-state index is 0.0175. The summed E-state index contributed by atoms with van der Waals surface area (Å²) in [5.41, 5.74) is 0.826. The standard InChI is InChI=1S/C14H19NO5/c1-4-19-13(17)7-10-5-6-11(8-12(10)16)15-14(18)20-9(2)3/h5-6,8-9,16H,4,7H2,1-3H3,(H,15,18). The van der Waals surface area contributed by atoms with Gasteiger partial charge in [0, 0.05) is 17.3 Å². The first-order valence-corrected chi connectivity index (χ1v) is 6.37. The number of hydrogen-bond donors (Lipinski definition) is 2. The third-order valence-electron chi connectivity index (χ3n) is 2.31. The van der Waals surface area contributed by atoms with Gasteiger partial charge in [0.1, 0.15) is 5.75 Å². The van der Waals surface area contributed by atoms with Crippen molar-refractivity contribution >= 4 is 17.7 Å². The molecule has 0 bridgehead atoms.